The Bertz CT molecular complexity index is 776. The van der Waals surface area contributed by atoms with Gasteiger partial charge in [0.1, 0.15) is 5.60 Å². The van der Waals surface area contributed by atoms with Crippen LogP contribution < -0.4 is 5.32 Å². The zero-order chi connectivity index (χ0) is 19.4. The smallest absolute Gasteiger partial charge is 0.410 e. The lowest BCUT2D eigenvalue weighted by molar-refractivity contribution is -0.121. The monoisotopic (exact) mass is 370 g/mol. The molecular formula is C22H30N2O3. The minimum atomic E-state index is -0.499. The Morgan fingerprint density at radius 1 is 1.26 bits per heavy atom. The lowest BCUT2D eigenvalue weighted by Gasteiger charge is -2.40. The number of benzene rings is 1. The number of fused-ring (bicyclic) bond motifs is 1. The summed E-state index contributed by atoms with van der Waals surface area (Å²) in [6, 6.07) is 6.30. The highest BCUT2D eigenvalue weighted by molar-refractivity contribution is 6.00. The average molecular weight is 370 g/mol. The molecule has 1 aliphatic carbocycles. The van der Waals surface area contributed by atoms with E-state index in [1.165, 1.54) is 5.56 Å². The predicted molar refractivity (Wildman–Crippen MR) is 105 cm³/mol. The molecule has 0 radical (unpaired) electrons. The molecule has 2 heterocycles. The average Bonchev–Trinajstić information content (AvgIpc) is 3.34. The summed E-state index contributed by atoms with van der Waals surface area (Å²) in [4.78, 5) is 27.0. The molecule has 0 aromatic heterocycles. The zero-order valence-electron chi connectivity index (χ0n) is 16.8. The van der Waals surface area contributed by atoms with Crippen LogP contribution in [0.3, 0.4) is 0 Å². The molecule has 1 aromatic carbocycles. The van der Waals surface area contributed by atoms with Gasteiger partial charge in [-0.2, -0.15) is 0 Å². The number of carbonyl (C=O) groups excluding carboxylic acids is 2. The van der Waals surface area contributed by atoms with E-state index in [2.05, 4.69) is 24.4 Å². The maximum absolute atomic E-state index is 12.8. The van der Waals surface area contributed by atoms with Gasteiger partial charge >= 0.3 is 6.09 Å². The maximum Gasteiger partial charge on any atom is 0.410 e. The molecule has 5 heteroatoms. The van der Waals surface area contributed by atoms with Crippen molar-refractivity contribution in [2.24, 2.45) is 11.3 Å². The Morgan fingerprint density at radius 2 is 2.00 bits per heavy atom. The minimum absolute atomic E-state index is 0.0362. The Hall–Kier alpha value is -2.04. The van der Waals surface area contributed by atoms with E-state index in [0.717, 1.165) is 49.9 Å². The van der Waals surface area contributed by atoms with Gasteiger partial charge in [0.15, 0.2) is 0 Å². The van der Waals surface area contributed by atoms with Gasteiger partial charge in [0.05, 0.1) is 11.5 Å². The molecule has 3 aliphatic rings. The van der Waals surface area contributed by atoms with Gasteiger partial charge < -0.3 is 15.0 Å². The number of nitrogens with one attached hydrogen (secondary N) is 1. The Labute approximate surface area is 161 Å². The first-order chi connectivity index (χ1) is 12.7. The van der Waals surface area contributed by atoms with Gasteiger partial charge in [0, 0.05) is 12.2 Å². The lowest BCUT2D eigenvalue weighted by Crippen LogP contribution is -2.44. The van der Waals surface area contributed by atoms with Crippen molar-refractivity contribution >= 4 is 17.7 Å². The summed E-state index contributed by atoms with van der Waals surface area (Å²) >= 11 is 0. The molecule has 1 spiro atoms. The van der Waals surface area contributed by atoms with Gasteiger partial charge in [-0.25, -0.2) is 4.79 Å². The second-order valence-corrected chi connectivity index (χ2v) is 9.66. The van der Waals surface area contributed by atoms with E-state index in [-0.39, 0.29) is 23.5 Å². The van der Waals surface area contributed by atoms with Gasteiger partial charge in [-0.05, 0) is 76.0 Å². The third-order valence-electron chi connectivity index (χ3n) is 6.07. The fraction of sp³-hybridized carbons (Fsp3) is 0.636. The van der Waals surface area contributed by atoms with Gasteiger partial charge in [0.2, 0.25) is 5.91 Å². The van der Waals surface area contributed by atoms with Gasteiger partial charge in [-0.3, -0.25) is 4.79 Å². The standard InChI is InChI=1S/C22H30N2O3/c1-14-5-8-18(24(13-14)20(26)27-21(2,3)4)15-6-7-17-16(11-15)12-22(9-10-22)19(25)23-17/h6-7,11,14,18H,5,8-10,12-13H2,1-4H3,(H,23,25)/t14-,18?/m0/s1. The molecule has 1 aromatic rings. The van der Waals surface area contributed by atoms with Crippen molar-refractivity contribution in [3.8, 4) is 0 Å². The number of amides is 2. The molecule has 2 amide bonds. The van der Waals surface area contributed by atoms with Crippen LogP contribution in [0.5, 0.6) is 0 Å². The predicted octanol–water partition coefficient (Wildman–Crippen LogP) is 4.67. The molecule has 2 atom stereocenters. The van der Waals surface area contributed by atoms with Crippen molar-refractivity contribution < 1.29 is 14.3 Å². The summed E-state index contributed by atoms with van der Waals surface area (Å²) in [5.41, 5.74) is 2.61. The van der Waals surface area contributed by atoms with Gasteiger partial charge in [-0.15, -0.1) is 0 Å². The molecule has 1 saturated carbocycles. The first-order valence-electron chi connectivity index (χ1n) is 10.1. The van der Waals surface area contributed by atoms with Gasteiger partial charge in [-0.1, -0.05) is 19.1 Å². The molecule has 4 rings (SSSR count). The SMILES string of the molecule is C[C@H]1CCC(c2ccc3c(c2)CC2(CC2)C(=O)N3)N(C(=O)OC(C)(C)C)C1. The first-order valence-corrected chi connectivity index (χ1v) is 10.1. The summed E-state index contributed by atoms with van der Waals surface area (Å²) in [5, 5.41) is 3.07. The van der Waals surface area contributed by atoms with E-state index in [1.807, 2.05) is 31.7 Å². The highest BCUT2D eigenvalue weighted by atomic mass is 16.6. The van der Waals surface area contributed by atoms with Crippen LogP contribution in [0.2, 0.25) is 0 Å². The molecule has 1 N–H and O–H groups in total. The third kappa shape index (κ3) is 3.56. The van der Waals surface area contributed by atoms with Crippen LogP contribution in [0.1, 0.15) is 70.5 Å². The number of carbonyl (C=O) groups is 2. The quantitative estimate of drug-likeness (QED) is 0.781. The maximum atomic E-state index is 12.8. The molecule has 0 bridgehead atoms. The lowest BCUT2D eigenvalue weighted by atomic mass is 9.86. The second-order valence-electron chi connectivity index (χ2n) is 9.66. The van der Waals surface area contributed by atoms with Crippen molar-refractivity contribution in [2.45, 2.75) is 71.4 Å². The van der Waals surface area contributed by atoms with Gasteiger partial charge in [0.25, 0.3) is 0 Å². The zero-order valence-corrected chi connectivity index (χ0v) is 16.8. The van der Waals surface area contributed by atoms with E-state index in [0.29, 0.717) is 5.92 Å². The fourth-order valence-electron chi connectivity index (χ4n) is 4.37. The van der Waals surface area contributed by atoms with E-state index >= 15 is 0 Å². The van der Waals surface area contributed by atoms with Crippen molar-refractivity contribution in [1.29, 1.82) is 0 Å². The van der Waals surface area contributed by atoms with Crippen LogP contribution in [0.25, 0.3) is 0 Å². The molecule has 146 valence electrons. The van der Waals surface area contributed by atoms with Crippen LogP contribution in [-0.4, -0.2) is 29.0 Å². The number of hydrogen-bond donors (Lipinski definition) is 1. The van der Waals surface area contributed by atoms with E-state index in [4.69, 9.17) is 4.74 Å². The summed E-state index contributed by atoms with van der Waals surface area (Å²) in [6.07, 6.45) is 4.58. The number of anilines is 1. The number of piperidine rings is 1. The largest absolute Gasteiger partial charge is 0.444 e. The number of ether oxygens (including phenoxy) is 1. The van der Waals surface area contributed by atoms with Crippen molar-refractivity contribution in [1.82, 2.24) is 4.90 Å². The molecular weight excluding hydrogens is 340 g/mol. The number of likely N-dealkylation sites (tertiary alicyclic amines) is 1. The van der Waals surface area contributed by atoms with E-state index in [9.17, 15) is 9.59 Å². The van der Waals surface area contributed by atoms with Crippen LogP contribution in [-0.2, 0) is 16.0 Å². The van der Waals surface area contributed by atoms with Crippen LogP contribution in [0.4, 0.5) is 10.5 Å². The van der Waals surface area contributed by atoms with Crippen LogP contribution >= 0.6 is 0 Å². The molecule has 1 unspecified atom stereocenters. The second kappa shape index (κ2) is 6.25. The molecule has 5 nitrogen and oxygen atoms in total. The Balaban J connectivity index is 1.61. The Morgan fingerprint density at radius 3 is 2.67 bits per heavy atom. The summed E-state index contributed by atoms with van der Waals surface area (Å²) < 4.78 is 5.68. The third-order valence-corrected chi connectivity index (χ3v) is 6.07. The summed E-state index contributed by atoms with van der Waals surface area (Å²) in [7, 11) is 0. The van der Waals surface area contributed by atoms with E-state index in [1.54, 1.807) is 0 Å². The highest BCUT2D eigenvalue weighted by Gasteiger charge is 2.52. The number of hydrogen-bond acceptors (Lipinski definition) is 3. The Kier molecular flexibility index (Phi) is 4.24. The van der Waals surface area contributed by atoms with Crippen molar-refractivity contribution in [3.63, 3.8) is 0 Å². The van der Waals surface area contributed by atoms with E-state index < -0.39 is 5.60 Å². The fourth-order valence-corrected chi connectivity index (χ4v) is 4.37. The van der Waals surface area contributed by atoms with Crippen LogP contribution in [0.15, 0.2) is 18.2 Å². The molecule has 2 aliphatic heterocycles. The highest BCUT2D eigenvalue weighted by Crippen LogP contribution is 2.52. The number of nitrogens with zero attached hydrogens (tertiary/aromatic N) is 1. The molecule has 1 saturated heterocycles. The molecule has 27 heavy (non-hydrogen) atoms. The van der Waals surface area contributed by atoms with Crippen molar-refractivity contribution in [3.05, 3.63) is 29.3 Å². The summed E-state index contributed by atoms with van der Waals surface area (Å²) in [5.74, 6) is 0.644. The normalized spacial score (nSPS) is 26.4. The van der Waals surface area contributed by atoms with Crippen molar-refractivity contribution in [2.75, 3.05) is 11.9 Å². The molecule has 2 fully saturated rings. The topological polar surface area (TPSA) is 58.6 Å². The van der Waals surface area contributed by atoms with Crippen LogP contribution in [0, 0.1) is 11.3 Å². The first kappa shape index (κ1) is 18.3. The minimum Gasteiger partial charge on any atom is -0.444 e. The summed E-state index contributed by atoms with van der Waals surface area (Å²) in [6.45, 7) is 8.63. The number of rotatable bonds is 1.